The van der Waals surface area contributed by atoms with Crippen LogP contribution in [-0.4, -0.2) is 34.5 Å². The van der Waals surface area contributed by atoms with Crippen LogP contribution in [0.5, 0.6) is 0 Å². The van der Waals surface area contributed by atoms with Gasteiger partial charge in [0.15, 0.2) is 5.96 Å². The molecule has 6 nitrogen and oxygen atoms in total. The molecule has 0 saturated heterocycles. The van der Waals surface area contributed by atoms with E-state index in [1.807, 2.05) is 13.0 Å². The van der Waals surface area contributed by atoms with E-state index in [9.17, 15) is 8.42 Å². The van der Waals surface area contributed by atoms with Gasteiger partial charge in [0.25, 0.3) is 0 Å². The Balaban J connectivity index is 2.03. The zero-order valence-electron chi connectivity index (χ0n) is 13.1. The highest BCUT2D eigenvalue weighted by Gasteiger charge is 2.21. The second-order valence-electron chi connectivity index (χ2n) is 5.37. The molecule has 0 radical (unpaired) electrons. The summed E-state index contributed by atoms with van der Waals surface area (Å²) in [6, 6.07) is 6.84. The van der Waals surface area contributed by atoms with Crippen molar-refractivity contribution in [3.63, 3.8) is 0 Å². The van der Waals surface area contributed by atoms with Crippen LogP contribution >= 0.6 is 0 Å². The molecule has 0 atom stereocenters. The zero-order valence-corrected chi connectivity index (χ0v) is 13.9. The number of hydrogen-bond donors (Lipinski definition) is 3. The maximum atomic E-state index is 11.8. The zero-order chi connectivity index (χ0) is 16.0. The topological polar surface area (TPSA) is 82.6 Å². The van der Waals surface area contributed by atoms with Crippen molar-refractivity contribution in [3.05, 3.63) is 29.8 Å². The van der Waals surface area contributed by atoms with E-state index < -0.39 is 10.0 Å². The Bertz CT molecular complexity index is 624. The number of nitrogens with one attached hydrogen (secondary N) is 3. The summed E-state index contributed by atoms with van der Waals surface area (Å²) in [5.41, 5.74) is 0.861. The summed E-state index contributed by atoms with van der Waals surface area (Å²) in [5.74, 6) is 1.55. The first-order valence-electron chi connectivity index (χ1n) is 7.60. The fourth-order valence-corrected chi connectivity index (χ4v) is 2.80. The molecular formula is C15H24N4O2S. The maximum Gasteiger partial charge on any atom is 0.240 e. The van der Waals surface area contributed by atoms with E-state index in [4.69, 9.17) is 0 Å². The van der Waals surface area contributed by atoms with Gasteiger partial charge < -0.3 is 10.6 Å². The van der Waals surface area contributed by atoms with Crippen LogP contribution < -0.4 is 15.4 Å². The molecule has 0 amide bonds. The fourth-order valence-electron chi connectivity index (χ4n) is 2.00. The molecule has 0 aliphatic heterocycles. The van der Waals surface area contributed by atoms with Crippen molar-refractivity contribution < 1.29 is 8.42 Å². The summed E-state index contributed by atoms with van der Waals surface area (Å²) < 4.78 is 25.9. The third kappa shape index (κ3) is 4.99. The van der Waals surface area contributed by atoms with E-state index in [-0.39, 0.29) is 4.90 Å². The van der Waals surface area contributed by atoms with Crippen molar-refractivity contribution in [2.24, 2.45) is 10.9 Å². The predicted molar refractivity (Wildman–Crippen MR) is 88.2 cm³/mol. The molecule has 1 aliphatic rings. The molecule has 3 N–H and O–H groups in total. The highest BCUT2D eigenvalue weighted by molar-refractivity contribution is 7.89. The van der Waals surface area contributed by atoms with Gasteiger partial charge in [0.2, 0.25) is 10.0 Å². The number of aliphatic imine (C=N–C) groups is 1. The van der Waals surface area contributed by atoms with Gasteiger partial charge in [-0.2, -0.15) is 0 Å². The van der Waals surface area contributed by atoms with Crippen molar-refractivity contribution in [1.82, 2.24) is 15.4 Å². The molecule has 122 valence electrons. The predicted octanol–water partition coefficient (Wildman–Crippen LogP) is 1.06. The van der Waals surface area contributed by atoms with Gasteiger partial charge in [-0.05, 0) is 50.4 Å². The molecule has 22 heavy (non-hydrogen) atoms. The van der Waals surface area contributed by atoms with Crippen LogP contribution in [-0.2, 0) is 16.6 Å². The lowest BCUT2D eigenvalue weighted by molar-refractivity contribution is 0.588. The smallest absolute Gasteiger partial charge is 0.240 e. The second kappa shape index (κ2) is 7.60. The number of sulfonamides is 1. The van der Waals surface area contributed by atoms with E-state index in [1.165, 1.54) is 19.9 Å². The first-order valence-corrected chi connectivity index (χ1v) is 9.08. The number of nitrogens with zero attached hydrogens (tertiary/aromatic N) is 1. The lowest BCUT2D eigenvalue weighted by Crippen LogP contribution is -2.38. The SMILES string of the molecule is CCNC(=NCc1cccc(S(=O)(=O)NC)c1)NCC1CC1. The summed E-state index contributed by atoms with van der Waals surface area (Å²) in [7, 11) is -2.00. The van der Waals surface area contributed by atoms with Crippen molar-refractivity contribution in [1.29, 1.82) is 0 Å². The van der Waals surface area contributed by atoms with Gasteiger partial charge in [0, 0.05) is 13.1 Å². The molecule has 0 bridgehead atoms. The molecule has 7 heteroatoms. The molecule has 0 unspecified atom stereocenters. The van der Waals surface area contributed by atoms with E-state index in [0.29, 0.717) is 6.54 Å². The highest BCUT2D eigenvalue weighted by atomic mass is 32.2. The van der Waals surface area contributed by atoms with Crippen molar-refractivity contribution in [2.45, 2.75) is 31.2 Å². The molecule has 1 aromatic carbocycles. The molecule has 0 spiro atoms. The van der Waals surface area contributed by atoms with Crippen LogP contribution in [0, 0.1) is 5.92 Å². The fraction of sp³-hybridized carbons (Fsp3) is 0.533. The molecule has 0 aromatic heterocycles. The van der Waals surface area contributed by atoms with Gasteiger partial charge in [-0.15, -0.1) is 0 Å². The minimum atomic E-state index is -3.41. The summed E-state index contributed by atoms with van der Waals surface area (Å²) in [4.78, 5) is 4.77. The third-order valence-corrected chi connectivity index (χ3v) is 4.91. The lowest BCUT2D eigenvalue weighted by Gasteiger charge is -2.11. The largest absolute Gasteiger partial charge is 0.357 e. The Morgan fingerprint density at radius 2 is 2.09 bits per heavy atom. The summed E-state index contributed by atoms with van der Waals surface area (Å²) in [6.07, 6.45) is 2.58. The molecule has 1 aromatic rings. The van der Waals surface area contributed by atoms with Gasteiger partial charge in [-0.3, -0.25) is 0 Å². The van der Waals surface area contributed by atoms with Gasteiger partial charge in [-0.25, -0.2) is 18.1 Å². The second-order valence-corrected chi connectivity index (χ2v) is 7.26. The number of guanidine groups is 1. The van der Waals surface area contributed by atoms with E-state index in [1.54, 1.807) is 18.2 Å². The van der Waals surface area contributed by atoms with Crippen LogP contribution in [0.1, 0.15) is 25.3 Å². The van der Waals surface area contributed by atoms with Gasteiger partial charge >= 0.3 is 0 Å². The number of benzene rings is 1. The van der Waals surface area contributed by atoms with E-state index in [2.05, 4.69) is 20.3 Å². The summed E-state index contributed by atoms with van der Waals surface area (Å²) in [5, 5.41) is 6.52. The monoisotopic (exact) mass is 324 g/mol. The van der Waals surface area contributed by atoms with Gasteiger partial charge in [-0.1, -0.05) is 12.1 Å². The van der Waals surface area contributed by atoms with Crippen molar-refractivity contribution in [2.75, 3.05) is 20.1 Å². The van der Waals surface area contributed by atoms with Crippen molar-refractivity contribution >= 4 is 16.0 Å². The van der Waals surface area contributed by atoms with Gasteiger partial charge in [0.05, 0.1) is 11.4 Å². The van der Waals surface area contributed by atoms with Crippen LogP contribution in [0.4, 0.5) is 0 Å². The van der Waals surface area contributed by atoms with Crippen LogP contribution in [0.3, 0.4) is 0 Å². The Hall–Kier alpha value is -1.60. The lowest BCUT2D eigenvalue weighted by atomic mass is 10.2. The molecule has 0 heterocycles. The molecular weight excluding hydrogens is 300 g/mol. The van der Waals surface area contributed by atoms with E-state index >= 15 is 0 Å². The van der Waals surface area contributed by atoms with Crippen LogP contribution in [0.25, 0.3) is 0 Å². The number of rotatable bonds is 7. The maximum absolute atomic E-state index is 11.8. The quantitative estimate of drug-likeness (QED) is 0.517. The summed E-state index contributed by atoms with van der Waals surface area (Å²) >= 11 is 0. The van der Waals surface area contributed by atoms with Gasteiger partial charge in [0.1, 0.15) is 0 Å². The molecule has 2 rings (SSSR count). The van der Waals surface area contributed by atoms with E-state index in [0.717, 1.165) is 30.5 Å². The highest BCUT2D eigenvalue weighted by Crippen LogP contribution is 2.27. The van der Waals surface area contributed by atoms with Crippen molar-refractivity contribution in [3.8, 4) is 0 Å². The first kappa shape index (κ1) is 16.8. The van der Waals surface area contributed by atoms with Crippen LogP contribution in [0.15, 0.2) is 34.2 Å². The standard InChI is InChI=1S/C15H24N4O2S/c1-3-17-15(18-10-12-7-8-12)19-11-13-5-4-6-14(9-13)22(20,21)16-2/h4-6,9,12,16H,3,7-8,10-11H2,1-2H3,(H2,17,18,19). The minimum absolute atomic E-state index is 0.263. The van der Waals surface area contributed by atoms with Crippen LogP contribution in [0.2, 0.25) is 0 Å². The average Bonchev–Trinajstić information content (AvgIpc) is 3.34. The third-order valence-electron chi connectivity index (χ3n) is 3.50. The molecule has 1 fully saturated rings. The molecule has 1 saturated carbocycles. The molecule has 1 aliphatic carbocycles. The Labute approximate surface area is 132 Å². The summed E-state index contributed by atoms with van der Waals surface area (Å²) in [6.45, 7) is 4.20. The normalized spacial score (nSPS) is 15.6. The minimum Gasteiger partial charge on any atom is -0.357 e. The Kier molecular flexibility index (Phi) is 5.79. The Morgan fingerprint density at radius 1 is 1.32 bits per heavy atom. The first-order chi connectivity index (χ1) is 10.5. The average molecular weight is 324 g/mol. The Morgan fingerprint density at radius 3 is 2.73 bits per heavy atom. The number of hydrogen-bond acceptors (Lipinski definition) is 3.